The number of carbonyl (C=O) groups is 2. The highest BCUT2D eigenvalue weighted by molar-refractivity contribution is 5.95. The summed E-state index contributed by atoms with van der Waals surface area (Å²) in [6.07, 6.45) is -2.78. The molecule has 0 aliphatic carbocycles. The molecule has 0 aromatic carbocycles. The minimum Gasteiger partial charge on any atom is -0.491 e. The molecule has 1 N–H and O–H groups in total. The third-order valence-electron chi connectivity index (χ3n) is 5.39. The van der Waals surface area contributed by atoms with E-state index in [1.165, 1.54) is 27.5 Å². The highest BCUT2D eigenvalue weighted by Crippen LogP contribution is 2.29. The summed E-state index contributed by atoms with van der Waals surface area (Å²) < 4.78 is 49.7. The molecule has 2 aromatic heterocycles. The molecular formula is C20H24F3N5O4. The first-order valence-corrected chi connectivity index (χ1v) is 9.84. The van der Waals surface area contributed by atoms with Crippen molar-refractivity contribution in [3.63, 3.8) is 0 Å². The number of methoxy groups -OCH3 is 2. The van der Waals surface area contributed by atoms with Gasteiger partial charge in [0.15, 0.2) is 11.4 Å². The Hall–Kier alpha value is -3.31. The highest BCUT2D eigenvalue weighted by atomic mass is 19.4. The van der Waals surface area contributed by atoms with Gasteiger partial charge in [0.1, 0.15) is 5.69 Å². The van der Waals surface area contributed by atoms with Gasteiger partial charge in [0.05, 0.1) is 19.8 Å². The quantitative estimate of drug-likeness (QED) is 0.742. The second-order valence-corrected chi connectivity index (χ2v) is 7.57. The molecule has 2 atom stereocenters. The first-order chi connectivity index (χ1) is 15.0. The number of pyridine rings is 1. The van der Waals surface area contributed by atoms with Crippen LogP contribution in [0, 0.1) is 5.92 Å². The largest absolute Gasteiger partial charge is 0.491 e. The average molecular weight is 455 g/mol. The zero-order chi connectivity index (χ0) is 23.6. The van der Waals surface area contributed by atoms with E-state index in [1.807, 2.05) is 6.92 Å². The van der Waals surface area contributed by atoms with E-state index in [2.05, 4.69) is 15.4 Å². The molecule has 32 heavy (non-hydrogen) atoms. The average Bonchev–Trinajstić information content (AvgIpc) is 3.16. The zero-order valence-corrected chi connectivity index (χ0v) is 18.1. The topological polar surface area (TPSA) is 98.6 Å². The molecule has 1 fully saturated rings. The van der Waals surface area contributed by atoms with E-state index in [4.69, 9.17) is 9.47 Å². The van der Waals surface area contributed by atoms with E-state index >= 15 is 0 Å². The van der Waals surface area contributed by atoms with Crippen LogP contribution in [0.5, 0.6) is 11.6 Å². The standard InChI is InChI=1S/C20H24F3N5O4/c1-11-10-28(19(30)12-7-15(31-3)18(32-4)24-9-12)6-5-13(11)25-17(29)14-8-16(20(21,22)23)26-27(14)2/h7-9,11,13H,5-6,10H2,1-4H3,(H,25,29)/t11-,13-/m0/s1. The second-order valence-electron chi connectivity index (χ2n) is 7.57. The second kappa shape index (κ2) is 9.05. The maximum Gasteiger partial charge on any atom is 0.435 e. The van der Waals surface area contributed by atoms with Crippen molar-refractivity contribution in [1.29, 1.82) is 0 Å². The molecule has 0 saturated carbocycles. The van der Waals surface area contributed by atoms with Crippen LogP contribution in [0.1, 0.15) is 39.9 Å². The lowest BCUT2D eigenvalue weighted by Crippen LogP contribution is -2.51. The number of piperidine rings is 1. The monoisotopic (exact) mass is 455 g/mol. The van der Waals surface area contributed by atoms with E-state index in [1.54, 1.807) is 11.0 Å². The van der Waals surface area contributed by atoms with Crippen molar-refractivity contribution < 1.29 is 32.2 Å². The van der Waals surface area contributed by atoms with Crippen molar-refractivity contribution in [2.75, 3.05) is 27.3 Å². The Morgan fingerprint density at radius 1 is 1.22 bits per heavy atom. The van der Waals surface area contributed by atoms with Gasteiger partial charge in [0, 0.05) is 44.5 Å². The summed E-state index contributed by atoms with van der Waals surface area (Å²) in [6, 6.07) is 1.97. The number of amides is 2. The Labute approximate surface area is 182 Å². The number of aryl methyl sites for hydroxylation is 1. The Morgan fingerprint density at radius 2 is 1.94 bits per heavy atom. The van der Waals surface area contributed by atoms with Crippen molar-refractivity contribution in [3.05, 3.63) is 35.3 Å². The van der Waals surface area contributed by atoms with Crippen molar-refractivity contribution in [1.82, 2.24) is 25.0 Å². The molecule has 3 heterocycles. The number of halogens is 3. The fourth-order valence-corrected chi connectivity index (χ4v) is 3.64. The van der Waals surface area contributed by atoms with Gasteiger partial charge in [-0.05, 0) is 12.3 Å². The van der Waals surface area contributed by atoms with Gasteiger partial charge >= 0.3 is 6.18 Å². The maximum absolute atomic E-state index is 12.9. The predicted octanol–water partition coefficient (Wildman–Crippen LogP) is 2.13. The van der Waals surface area contributed by atoms with Crippen LogP contribution in [0.4, 0.5) is 13.2 Å². The number of likely N-dealkylation sites (tertiary alicyclic amines) is 1. The first kappa shape index (κ1) is 23.4. The van der Waals surface area contributed by atoms with Crippen molar-refractivity contribution in [3.8, 4) is 11.6 Å². The fraction of sp³-hybridized carbons (Fsp3) is 0.500. The van der Waals surface area contributed by atoms with Crippen LogP contribution in [0.3, 0.4) is 0 Å². The van der Waals surface area contributed by atoms with E-state index in [-0.39, 0.29) is 29.4 Å². The molecular weight excluding hydrogens is 431 g/mol. The van der Waals surface area contributed by atoms with Crippen LogP contribution in [-0.2, 0) is 13.2 Å². The van der Waals surface area contributed by atoms with Crippen LogP contribution in [0.2, 0.25) is 0 Å². The lowest BCUT2D eigenvalue weighted by Gasteiger charge is -2.37. The van der Waals surface area contributed by atoms with Gasteiger partial charge in [-0.25, -0.2) is 4.98 Å². The van der Waals surface area contributed by atoms with Crippen molar-refractivity contribution in [2.45, 2.75) is 25.6 Å². The number of rotatable bonds is 5. The maximum atomic E-state index is 12.9. The number of carbonyl (C=O) groups excluding carboxylic acids is 2. The minimum absolute atomic E-state index is 0.125. The number of nitrogens with one attached hydrogen (secondary N) is 1. The summed E-state index contributed by atoms with van der Waals surface area (Å²) in [5, 5.41) is 6.13. The third-order valence-corrected chi connectivity index (χ3v) is 5.39. The van der Waals surface area contributed by atoms with Crippen LogP contribution >= 0.6 is 0 Å². The predicted molar refractivity (Wildman–Crippen MR) is 106 cm³/mol. The number of hydrogen-bond acceptors (Lipinski definition) is 6. The molecule has 0 radical (unpaired) electrons. The first-order valence-electron chi connectivity index (χ1n) is 9.84. The number of hydrogen-bond donors (Lipinski definition) is 1. The SMILES string of the molecule is COc1cc(C(=O)N2CC[C@H](NC(=O)c3cc(C(F)(F)F)nn3C)[C@@H](C)C2)cnc1OC. The zero-order valence-electron chi connectivity index (χ0n) is 18.1. The van der Waals surface area contributed by atoms with Gasteiger partial charge in [0.25, 0.3) is 17.7 Å². The summed E-state index contributed by atoms with van der Waals surface area (Å²) >= 11 is 0. The van der Waals surface area contributed by atoms with E-state index in [9.17, 15) is 22.8 Å². The van der Waals surface area contributed by atoms with Crippen molar-refractivity contribution in [2.24, 2.45) is 13.0 Å². The molecule has 0 spiro atoms. The summed E-state index contributed by atoms with van der Waals surface area (Å²) in [5.74, 6) is -0.404. The van der Waals surface area contributed by atoms with E-state index < -0.39 is 17.8 Å². The van der Waals surface area contributed by atoms with Crippen LogP contribution in [0.15, 0.2) is 18.3 Å². The lowest BCUT2D eigenvalue weighted by molar-refractivity contribution is -0.141. The summed E-state index contributed by atoms with van der Waals surface area (Å²) in [7, 11) is 4.18. The third kappa shape index (κ3) is 4.78. The number of aromatic nitrogens is 3. The van der Waals surface area contributed by atoms with E-state index in [0.717, 1.165) is 10.7 Å². The summed E-state index contributed by atoms with van der Waals surface area (Å²) in [4.78, 5) is 31.1. The normalized spacial score (nSPS) is 18.9. The number of ether oxygens (including phenoxy) is 2. The molecule has 1 aliphatic rings. The van der Waals surface area contributed by atoms with Gasteiger partial charge in [-0.1, -0.05) is 6.92 Å². The number of nitrogens with zero attached hydrogens (tertiary/aromatic N) is 4. The Bertz CT molecular complexity index is 1010. The minimum atomic E-state index is -4.63. The van der Waals surface area contributed by atoms with Crippen LogP contribution < -0.4 is 14.8 Å². The van der Waals surface area contributed by atoms with Gasteiger partial charge in [-0.15, -0.1) is 0 Å². The molecule has 1 aliphatic heterocycles. The molecule has 12 heteroatoms. The van der Waals surface area contributed by atoms with Gasteiger partial charge in [-0.3, -0.25) is 14.3 Å². The fourth-order valence-electron chi connectivity index (χ4n) is 3.64. The molecule has 3 rings (SSSR count). The Balaban J connectivity index is 1.65. The molecule has 0 bridgehead atoms. The molecule has 1 saturated heterocycles. The lowest BCUT2D eigenvalue weighted by atomic mass is 9.93. The van der Waals surface area contributed by atoms with Crippen LogP contribution in [-0.4, -0.2) is 64.8 Å². The van der Waals surface area contributed by atoms with E-state index in [0.29, 0.717) is 30.8 Å². The number of alkyl halides is 3. The van der Waals surface area contributed by atoms with Gasteiger partial charge in [-0.2, -0.15) is 18.3 Å². The molecule has 0 unspecified atom stereocenters. The summed E-state index contributed by atoms with van der Waals surface area (Å²) in [5.41, 5.74) is -0.964. The van der Waals surface area contributed by atoms with Gasteiger partial charge in [0.2, 0.25) is 0 Å². The Kier molecular flexibility index (Phi) is 6.60. The van der Waals surface area contributed by atoms with Gasteiger partial charge < -0.3 is 19.7 Å². The molecule has 9 nitrogen and oxygen atoms in total. The smallest absolute Gasteiger partial charge is 0.435 e. The molecule has 2 aromatic rings. The summed E-state index contributed by atoms with van der Waals surface area (Å²) in [6.45, 7) is 2.58. The molecule has 174 valence electrons. The molecule has 2 amide bonds. The van der Waals surface area contributed by atoms with Crippen molar-refractivity contribution >= 4 is 11.8 Å². The van der Waals surface area contributed by atoms with Crippen LogP contribution in [0.25, 0.3) is 0 Å². The Morgan fingerprint density at radius 3 is 2.50 bits per heavy atom. The highest BCUT2D eigenvalue weighted by Gasteiger charge is 2.36.